The fraction of sp³-hybridized carbons (Fsp3) is 0.500. The second-order valence-corrected chi connectivity index (χ2v) is 7.25. The molecule has 6 heteroatoms. The van der Waals surface area contributed by atoms with Crippen molar-refractivity contribution >= 4 is 17.4 Å². The lowest BCUT2D eigenvalue weighted by atomic mass is 10.1. The predicted octanol–water partition coefficient (Wildman–Crippen LogP) is 3.57. The molecule has 2 heterocycles. The Bertz CT molecular complexity index is 625. The lowest BCUT2D eigenvalue weighted by Gasteiger charge is -2.19. The smallest absolute Gasteiger partial charge is 0.315 e. The van der Waals surface area contributed by atoms with Gasteiger partial charge in [-0.1, -0.05) is 0 Å². The summed E-state index contributed by atoms with van der Waals surface area (Å²) in [6.07, 6.45) is 2.01. The average molecular weight is 320 g/mol. The van der Waals surface area contributed by atoms with Crippen molar-refractivity contribution in [1.29, 1.82) is 0 Å². The summed E-state index contributed by atoms with van der Waals surface area (Å²) in [4.78, 5) is 12.0. The Kier molecular flexibility index (Phi) is 4.90. The summed E-state index contributed by atoms with van der Waals surface area (Å²) in [6.45, 7) is 10.8. The molecule has 2 N–H and O–H groups in total. The molecule has 120 valence electrons. The number of urea groups is 1. The molecule has 0 bridgehead atoms. The van der Waals surface area contributed by atoms with E-state index < -0.39 is 0 Å². The van der Waals surface area contributed by atoms with E-state index in [1.165, 1.54) is 0 Å². The molecular weight excluding hydrogens is 296 g/mol. The Balaban J connectivity index is 1.95. The van der Waals surface area contributed by atoms with Gasteiger partial charge in [-0.25, -0.2) is 4.79 Å². The van der Waals surface area contributed by atoms with Crippen LogP contribution < -0.4 is 10.6 Å². The van der Waals surface area contributed by atoms with E-state index in [0.29, 0.717) is 6.54 Å². The molecule has 0 fully saturated rings. The minimum atomic E-state index is -0.165. The molecule has 0 radical (unpaired) electrons. The topological polar surface area (TPSA) is 59.0 Å². The van der Waals surface area contributed by atoms with Gasteiger partial charge in [-0.15, -0.1) is 0 Å². The highest BCUT2D eigenvalue weighted by atomic mass is 32.1. The zero-order valence-corrected chi connectivity index (χ0v) is 14.6. The van der Waals surface area contributed by atoms with Gasteiger partial charge in [-0.3, -0.25) is 4.68 Å². The SMILES string of the molecule is Cc1nn(C(C)(C)C)cc1[C@@H](C)NC(=O)NCc1ccsc1. The highest BCUT2D eigenvalue weighted by Crippen LogP contribution is 2.21. The van der Waals surface area contributed by atoms with Crippen molar-refractivity contribution in [2.75, 3.05) is 0 Å². The van der Waals surface area contributed by atoms with Crippen molar-refractivity contribution in [3.05, 3.63) is 39.8 Å². The Morgan fingerprint density at radius 3 is 2.73 bits per heavy atom. The summed E-state index contributed by atoms with van der Waals surface area (Å²) in [6, 6.07) is 1.76. The minimum absolute atomic E-state index is 0.0655. The van der Waals surface area contributed by atoms with E-state index in [2.05, 4.69) is 36.5 Å². The Labute approximate surface area is 135 Å². The van der Waals surface area contributed by atoms with Crippen LogP contribution in [-0.2, 0) is 12.1 Å². The second kappa shape index (κ2) is 6.52. The molecule has 0 saturated heterocycles. The first-order valence-corrected chi connectivity index (χ1v) is 8.33. The molecular formula is C16H24N4OS. The average Bonchev–Trinajstić information content (AvgIpc) is 3.04. The van der Waals surface area contributed by atoms with Crippen LogP contribution in [0.25, 0.3) is 0 Å². The highest BCUT2D eigenvalue weighted by Gasteiger charge is 2.20. The van der Waals surface area contributed by atoms with Gasteiger partial charge in [-0.2, -0.15) is 16.4 Å². The van der Waals surface area contributed by atoms with Crippen LogP contribution in [0.1, 0.15) is 50.6 Å². The number of carbonyl (C=O) groups excluding carboxylic acids is 1. The van der Waals surface area contributed by atoms with E-state index >= 15 is 0 Å². The molecule has 5 nitrogen and oxygen atoms in total. The summed E-state index contributed by atoms with van der Waals surface area (Å²) in [7, 11) is 0. The molecule has 2 aromatic rings. The number of nitrogens with one attached hydrogen (secondary N) is 2. The molecule has 1 atom stereocenters. The first-order chi connectivity index (χ1) is 10.3. The number of thiophene rings is 1. The predicted molar refractivity (Wildman–Crippen MR) is 90.1 cm³/mol. The van der Waals surface area contributed by atoms with Gasteiger partial charge in [0, 0.05) is 18.3 Å². The van der Waals surface area contributed by atoms with Gasteiger partial charge in [-0.05, 0) is 57.0 Å². The van der Waals surface area contributed by atoms with Gasteiger partial charge >= 0.3 is 6.03 Å². The lowest BCUT2D eigenvalue weighted by molar-refractivity contribution is 0.237. The molecule has 0 aromatic carbocycles. The largest absolute Gasteiger partial charge is 0.334 e. The van der Waals surface area contributed by atoms with Crippen molar-refractivity contribution in [3.8, 4) is 0 Å². The molecule has 0 spiro atoms. The summed E-state index contributed by atoms with van der Waals surface area (Å²) in [5.41, 5.74) is 3.04. The molecule has 22 heavy (non-hydrogen) atoms. The molecule has 0 unspecified atom stereocenters. The third-order valence-electron chi connectivity index (χ3n) is 3.47. The summed E-state index contributed by atoms with van der Waals surface area (Å²) >= 11 is 1.63. The minimum Gasteiger partial charge on any atom is -0.334 e. The van der Waals surface area contributed by atoms with E-state index in [0.717, 1.165) is 16.8 Å². The molecule has 2 amide bonds. The number of aryl methyl sites for hydroxylation is 1. The maximum Gasteiger partial charge on any atom is 0.315 e. The van der Waals surface area contributed by atoms with Gasteiger partial charge in [0.25, 0.3) is 0 Å². The van der Waals surface area contributed by atoms with E-state index in [1.54, 1.807) is 11.3 Å². The Morgan fingerprint density at radius 2 is 2.18 bits per heavy atom. The third kappa shape index (κ3) is 4.10. The molecule has 0 saturated carbocycles. The number of carbonyl (C=O) groups is 1. The van der Waals surface area contributed by atoms with Crippen LogP contribution in [0.3, 0.4) is 0 Å². The standard InChI is InChI=1S/C16H24N4OS/c1-11(14-9-20(16(3,4)5)19-12(14)2)18-15(21)17-8-13-6-7-22-10-13/h6-7,9-11H,8H2,1-5H3,(H2,17,18,21)/t11-/m1/s1. The number of aromatic nitrogens is 2. The van der Waals surface area contributed by atoms with Gasteiger partial charge < -0.3 is 10.6 Å². The van der Waals surface area contributed by atoms with Crippen LogP contribution in [-0.4, -0.2) is 15.8 Å². The van der Waals surface area contributed by atoms with Gasteiger partial charge in [0.15, 0.2) is 0 Å². The van der Waals surface area contributed by atoms with Crippen LogP contribution >= 0.6 is 11.3 Å². The van der Waals surface area contributed by atoms with E-state index in [1.807, 2.05) is 41.6 Å². The van der Waals surface area contributed by atoms with Crippen LogP contribution in [0, 0.1) is 6.92 Å². The van der Waals surface area contributed by atoms with Crippen LogP contribution in [0.5, 0.6) is 0 Å². The normalized spacial score (nSPS) is 13.0. The number of rotatable bonds is 4. The number of hydrogen-bond acceptors (Lipinski definition) is 3. The first-order valence-electron chi connectivity index (χ1n) is 7.39. The van der Waals surface area contributed by atoms with Crippen molar-refractivity contribution < 1.29 is 4.79 Å². The van der Waals surface area contributed by atoms with Gasteiger partial charge in [0.1, 0.15) is 0 Å². The van der Waals surface area contributed by atoms with Crippen LogP contribution in [0.2, 0.25) is 0 Å². The fourth-order valence-corrected chi connectivity index (χ4v) is 2.81. The molecule has 0 aliphatic heterocycles. The van der Waals surface area contributed by atoms with Crippen LogP contribution in [0.4, 0.5) is 4.79 Å². The van der Waals surface area contributed by atoms with Crippen molar-refractivity contribution in [2.24, 2.45) is 0 Å². The maximum absolute atomic E-state index is 12.0. The molecule has 2 rings (SSSR count). The first kappa shape index (κ1) is 16.5. The van der Waals surface area contributed by atoms with Gasteiger partial charge in [0.05, 0.1) is 17.3 Å². The van der Waals surface area contributed by atoms with Crippen molar-refractivity contribution in [1.82, 2.24) is 20.4 Å². The quantitative estimate of drug-likeness (QED) is 0.905. The Morgan fingerprint density at radius 1 is 1.45 bits per heavy atom. The fourth-order valence-electron chi connectivity index (χ4n) is 2.14. The van der Waals surface area contributed by atoms with Crippen molar-refractivity contribution in [3.63, 3.8) is 0 Å². The zero-order valence-electron chi connectivity index (χ0n) is 13.8. The van der Waals surface area contributed by atoms with Gasteiger partial charge in [0.2, 0.25) is 0 Å². The van der Waals surface area contributed by atoms with E-state index in [-0.39, 0.29) is 17.6 Å². The molecule has 0 aliphatic rings. The number of hydrogen-bond donors (Lipinski definition) is 2. The molecule has 0 aliphatic carbocycles. The maximum atomic E-state index is 12.0. The number of amides is 2. The second-order valence-electron chi connectivity index (χ2n) is 6.47. The molecule has 2 aromatic heterocycles. The van der Waals surface area contributed by atoms with Crippen LogP contribution in [0.15, 0.2) is 23.0 Å². The summed E-state index contributed by atoms with van der Waals surface area (Å²) < 4.78 is 1.94. The monoisotopic (exact) mass is 320 g/mol. The zero-order chi connectivity index (χ0) is 16.3. The lowest BCUT2D eigenvalue weighted by Crippen LogP contribution is -2.36. The number of nitrogens with zero attached hydrogens (tertiary/aromatic N) is 2. The van der Waals surface area contributed by atoms with E-state index in [4.69, 9.17) is 0 Å². The van der Waals surface area contributed by atoms with Crippen molar-refractivity contribution in [2.45, 2.75) is 52.7 Å². The Hall–Kier alpha value is -1.82. The highest BCUT2D eigenvalue weighted by molar-refractivity contribution is 7.07. The summed E-state index contributed by atoms with van der Waals surface area (Å²) in [5, 5.41) is 14.4. The summed E-state index contributed by atoms with van der Waals surface area (Å²) in [5.74, 6) is 0. The third-order valence-corrected chi connectivity index (χ3v) is 4.20. The van der Waals surface area contributed by atoms with E-state index in [9.17, 15) is 4.79 Å².